The van der Waals surface area contributed by atoms with Crippen molar-refractivity contribution in [3.63, 3.8) is 0 Å². The highest BCUT2D eigenvalue weighted by Crippen LogP contribution is 2.24. The van der Waals surface area contributed by atoms with Gasteiger partial charge in [0, 0.05) is 6.42 Å². The number of alkyl halides is 3. The molecule has 0 saturated carbocycles. The minimum atomic E-state index is -5.59. The zero-order valence-corrected chi connectivity index (χ0v) is 7.68. The van der Waals surface area contributed by atoms with E-state index >= 15 is 0 Å². The van der Waals surface area contributed by atoms with Crippen LogP contribution in [0.2, 0.25) is 0 Å². The third-order valence-electron chi connectivity index (χ3n) is 1.18. The van der Waals surface area contributed by atoms with Crippen LogP contribution in [-0.2, 0) is 14.3 Å². The van der Waals surface area contributed by atoms with Crippen LogP contribution in [0, 0.1) is 0 Å². The smallest absolute Gasteiger partial charge is 0.394 e. The number of hydrogen-bond donors (Lipinski definition) is 2. The van der Waals surface area contributed by atoms with E-state index in [1.54, 1.807) is 0 Å². The molecule has 0 heterocycles. The molecule has 14 heavy (non-hydrogen) atoms. The average Bonchev–Trinajstić information content (AvgIpc) is 2.01. The van der Waals surface area contributed by atoms with Crippen LogP contribution < -0.4 is 0 Å². The Kier molecular flexibility index (Phi) is 4.78. The maximum atomic E-state index is 11.6. The van der Waals surface area contributed by atoms with Gasteiger partial charge in [-0.1, -0.05) is 0 Å². The van der Waals surface area contributed by atoms with Crippen molar-refractivity contribution in [2.45, 2.75) is 18.0 Å². The molecular formula is C5H9F3O5S. The molecule has 9 heteroatoms. The molecule has 0 rings (SSSR count). The lowest BCUT2D eigenvalue weighted by molar-refractivity contribution is -0.0550. The van der Waals surface area contributed by atoms with Gasteiger partial charge in [-0.3, -0.25) is 4.18 Å². The Bertz CT molecular complexity index is 259. The molecule has 0 aliphatic carbocycles. The standard InChI is InChI=1S/C5H9F3O5S/c6-5(7,8)14(11,12)13-2-1-4(10)3-9/h4,9-10H,1-3H2. The summed E-state index contributed by atoms with van der Waals surface area (Å²) in [6, 6.07) is 0. The van der Waals surface area contributed by atoms with E-state index in [0.29, 0.717) is 0 Å². The summed E-state index contributed by atoms with van der Waals surface area (Å²) in [5.74, 6) is 0. The van der Waals surface area contributed by atoms with Gasteiger partial charge < -0.3 is 10.2 Å². The van der Waals surface area contributed by atoms with E-state index in [9.17, 15) is 21.6 Å². The molecule has 0 spiro atoms. The van der Waals surface area contributed by atoms with Crippen molar-refractivity contribution in [1.82, 2.24) is 0 Å². The molecule has 0 aromatic heterocycles. The van der Waals surface area contributed by atoms with Crippen molar-refractivity contribution in [1.29, 1.82) is 0 Å². The topological polar surface area (TPSA) is 83.8 Å². The molecule has 0 aromatic carbocycles. The molecule has 0 aromatic rings. The summed E-state index contributed by atoms with van der Waals surface area (Å²) in [4.78, 5) is 0. The summed E-state index contributed by atoms with van der Waals surface area (Å²) in [5.41, 5.74) is -5.46. The van der Waals surface area contributed by atoms with Crippen molar-refractivity contribution in [3.8, 4) is 0 Å². The first kappa shape index (κ1) is 13.6. The Morgan fingerprint density at radius 3 is 2.21 bits per heavy atom. The second-order valence-electron chi connectivity index (χ2n) is 2.35. The second-order valence-corrected chi connectivity index (χ2v) is 3.95. The van der Waals surface area contributed by atoms with Gasteiger partial charge in [0.05, 0.1) is 19.3 Å². The molecule has 0 radical (unpaired) electrons. The van der Waals surface area contributed by atoms with E-state index in [0.717, 1.165) is 0 Å². The van der Waals surface area contributed by atoms with Gasteiger partial charge in [0.2, 0.25) is 0 Å². The minimum Gasteiger partial charge on any atom is -0.394 e. The summed E-state index contributed by atoms with van der Waals surface area (Å²) in [6.07, 6.45) is -1.69. The lowest BCUT2D eigenvalue weighted by Gasteiger charge is -2.09. The molecule has 0 saturated heterocycles. The minimum absolute atomic E-state index is 0.397. The van der Waals surface area contributed by atoms with Crippen LogP contribution in [0.15, 0.2) is 0 Å². The molecule has 1 atom stereocenters. The van der Waals surface area contributed by atoms with E-state index in [2.05, 4.69) is 4.18 Å². The van der Waals surface area contributed by atoms with Crippen molar-refractivity contribution in [3.05, 3.63) is 0 Å². The molecule has 86 valence electrons. The number of hydrogen-bond acceptors (Lipinski definition) is 5. The molecule has 0 fully saturated rings. The van der Waals surface area contributed by atoms with Gasteiger partial charge in [-0.05, 0) is 0 Å². The number of aliphatic hydroxyl groups excluding tert-OH is 2. The van der Waals surface area contributed by atoms with Crippen molar-refractivity contribution in [2.75, 3.05) is 13.2 Å². The fourth-order valence-corrected chi connectivity index (χ4v) is 0.901. The van der Waals surface area contributed by atoms with E-state index in [1.807, 2.05) is 0 Å². The highest BCUT2D eigenvalue weighted by atomic mass is 32.2. The van der Waals surface area contributed by atoms with Gasteiger partial charge in [0.15, 0.2) is 0 Å². The maximum Gasteiger partial charge on any atom is 0.523 e. The van der Waals surface area contributed by atoms with Crippen LogP contribution in [0.4, 0.5) is 13.2 Å². The zero-order chi connectivity index (χ0) is 11.4. The van der Waals surface area contributed by atoms with Crippen molar-refractivity contribution in [2.24, 2.45) is 0 Å². The van der Waals surface area contributed by atoms with Gasteiger partial charge in [-0.25, -0.2) is 0 Å². The third-order valence-corrected chi connectivity index (χ3v) is 2.23. The maximum absolute atomic E-state index is 11.6. The summed E-state index contributed by atoms with van der Waals surface area (Å²) >= 11 is 0. The van der Waals surface area contributed by atoms with Crippen LogP contribution in [0.3, 0.4) is 0 Å². The Labute approximate surface area is 78.2 Å². The lowest BCUT2D eigenvalue weighted by Crippen LogP contribution is -2.27. The normalized spacial score (nSPS) is 15.5. The van der Waals surface area contributed by atoms with E-state index in [-0.39, 0.29) is 0 Å². The van der Waals surface area contributed by atoms with Crippen molar-refractivity contribution >= 4 is 10.1 Å². The molecule has 1 unspecified atom stereocenters. The van der Waals surface area contributed by atoms with E-state index in [4.69, 9.17) is 10.2 Å². The first-order valence-electron chi connectivity index (χ1n) is 3.45. The Morgan fingerprint density at radius 2 is 1.86 bits per heavy atom. The number of halogens is 3. The molecule has 0 amide bonds. The Balaban J connectivity index is 4.03. The van der Waals surface area contributed by atoms with Gasteiger partial charge in [0.1, 0.15) is 0 Å². The van der Waals surface area contributed by atoms with Crippen LogP contribution >= 0.6 is 0 Å². The van der Waals surface area contributed by atoms with E-state index < -0.39 is 41.4 Å². The molecule has 0 aliphatic rings. The first-order chi connectivity index (χ1) is 6.20. The van der Waals surface area contributed by atoms with E-state index in [1.165, 1.54) is 0 Å². The molecule has 2 N–H and O–H groups in total. The molecular weight excluding hydrogens is 229 g/mol. The van der Waals surface area contributed by atoms with Crippen LogP contribution in [-0.4, -0.2) is 43.5 Å². The highest BCUT2D eigenvalue weighted by Gasteiger charge is 2.47. The largest absolute Gasteiger partial charge is 0.523 e. The number of aliphatic hydroxyl groups is 2. The van der Waals surface area contributed by atoms with Gasteiger partial charge in [0.25, 0.3) is 0 Å². The monoisotopic (exact) mass is 238 g/mol. The fourth-order valence-electron chi connectivity index (χ4n) is 0.452. The molecule has 0 bridgehead atoms. The number of rotatable bonds is 5. The van der Waals surface area contributed by atoms with Crippen LogP contribution in [0.25, 0.3) is 0 Å². The second kappa shape index (κ2) is 4.91. The summed E-state index contributed by atoms with van der Waals surface area (Å²) in [7, 11) is -5.59. The predicted molar refractivity (Wildman–Crippen MR) is 38.6 cm³/mol. The van der Waals surface area contributed by atoms with Gasteiger partial charge >= 0.3 is 15.6 Å². The summed E-state index contributed by atoms with van der Waals surface area (Å²) in [5, 5.41) is 16.9. The molecule has 0 aliphatic heterocycles. The summed E-state index contributed by atoms with van der Waals surface area (Å²) in [6.45, 7) is -1.50. The third kappa shape index (κ3) is 4.22. The Hall–Kier alpha value is -0.380. The van der Waals surface area contributed by atoms with Crippen molar-refractivity contribution < 1.29 is 36.0 Å². The zero-order valence-electron chi connectivity index (χ0n) is 6.86. The Morgan fingerprint density at radius 1 is 1.36 bits per heavy atom. The van der Waals surface area contributed by atoms with Crippen LogP contribution in [0.1, 0.15) is 6.42 Å². The SMILES string of the molecule is O=S(=O)(OCCC(O)CO)C(F)(F)F. The first-order valence-corrected chi connectivity index (χ1v) is 4.86. The highest BCUT2D eigenvalue weighted by molar-refractivity contribution is 7.87. The average molecular weight is 238 g/mol. The predicted octanol–water partition coefficient (Wildman–Crippen LogP) is -0.404. The fraction of sp³-hybridized carbons (Fsp3) is 1.00. The lowest BCUT2D eigenvalue weighted by atomic mass is 10.3. The summed E-state index contributed by atoms with van der Waals surface area (Å²) < 4.78 is 58.8. The van der Waals surface area contributed by atoms with Gasteiger partial charge in [-0.2, -0.15) is 21.6 Å². The quantitative estimate of drug-likeness (QED) is 0.502. The van der Waals surface area contributed by atoms with Gasteiger partial charge in [-0.15, -0.1) is 0 Å². The molecule has 5 nitrogen and oxygen atoms in total. The van der Waals surface area contributed by atoms with Crippen LogP contribution in [0.5, 0.6) is 0 Å².